The zero-order valence-corrected chi connectivity index (χ0v) is 19.5. The minimum atomic E-state index is -0.401. The van der Waals surface area contributed by atoms with Gasteiger partial charge in [-0.05, 0) is 0 Å². The van der Waals surface area contributed by atoms with E-state index in [0.717, 1.165) is 44.2 Å². The summed E-state index contributed by atoms with van der Waals surface area (Å²) in [6.07, 6.45) is 4.72. The second kappa shape index (κ2) is 9.11. The van der Waals surface area contributed by atoms with Gasteiger partial charge in [-0.2, -0.15) is 0 Å². The molecule has 9 heteroatoms. The number of nitrogens with zero attached hydrogens (tertiary/aromatic N) is 4. The van der Waals surface area contributed by atoms with Crippen molar-refractivity contribution in [2.24, 2.45) is 0 Å². The van der Waals surface area contributed by atoms with Gasteiger partial charge >= 0.3 is 191 Å². The first-order valence-corrected chi connectivity index (χ1v) is 13.8. The molecule has 0 radical (unpaired) electrons. The second-order valence-corrected chi connectivity index (χ2v) is 11.7. The minimum absolute atomic E-state index is 0.120. The number of aryl methyl sites for hydroxylation is 1. The molecule has 1 aromatic heterocycles. The SMILES string of the molecule is O=c1nc2n(c(=O)n1CCCN1C3C[I-]C1CC(OCc1ccc(F)cc1)C3)CCC2. The molecule has 31 heavy (non-hydrogen) atoms. The van der Waals surface area contributed by atoms with Crippen molar-refractivity contribution in [2.75, 3.05) is 11.0 Å². The van der Waals surface area contributed by atoms with E-state index in [-0.39, 0.29) is 38.8 Å². The predicted octanol–water partition coefficient (Wildman–Crippen LogP) is -1.64. The molecule has 1 aromatic carbocycles. The van der Waals surface area contributed by atoms with Gasteiger partial charge in [-0.15, -0.1) is 0 Å². The monoisotopic (exact) mass is 541 g/mol. The van der Waals surface area contributed by atoms with Gasteiger partial charge in [0, 0.05) is 0 Å². The predicted molar refractivity (Wildman–Crippen MR) is 109 cm³/mol. The number of hydrogen-bond donors (Lipinski definition) is 0. The Labute approximate surface area is 190 Å². The first kappa shape index (κ1) is 21.3. The van der Waals surface area contributed by atoms with E-state index < -0.39 is 5.69 Å². The number of piperidine rings is 1. The maximum atomic E-state index is 13.1. The number of halogens is 2. The molecule has 0 N–H and O–H groups in total. The molecule has 3 aliphatic heterocycles. The van der Waals surface area contributed by atoms with Gasteiger partial charge in [-0.25, -0.2) is 0 Å². The summed E-state index contributed by atoms with van der Waals surface area (Å²) in [5, 5.41) is 0. The van der Waals surface area contributed by atoms with Crippen LogP contribution in [0.1, 0.15) is 37.1 Å². The molecule has 2 bridgehead atoms. The summed E-state index contributed by atoms with van der Waals surface area (Å²) in [7, 11) is 0. The Hall–Kier alpha value is -1.59. The number of rotatable bonds is 7. The van der Waals surface area contributed by atoms with E-state index in [2.05, 4.69) is 9.88 Å². The van der Waals surface area contributed by atoms with E-state index in [4.69, 9.17) is 4.74 Å². The number of alkyl halides is 2. The molecule has 5 rings (SSSR count). The van der Waals surface area contributed by atoms with Crippen molar-refractivity contribution in [3.63, 3.8) is 0 Å². The molecule has 2 aromatic rings. The zero-order valence-electron chi connectivity index (χ0n) is 17.4. The van der Waals surface area contributed by atoms with E-state index in [1.165, 1.54) is 21.1 Å². The number of benzene rings is 1. The van der Waals surface area contributed by atoms with E-state index >= 15 is 0 Å². The fraction of sp³-hybridized carbons (Fsp3) is 0.591. The fourth-order valence-electron chi connectivity index (χ4n) is 4.86. The number of ether oxygens (including phenoxy) is 1. The molecule has 168 valence electrons. The first-order valence-electron chi connectivity index (χ1n) is 11.0. The molecule has 2 fully saturated rings. The summed E-state index contributed by atoms with van der Waals surface area (Å²) in [5.41, 5.74) is 0.405. The van der Waals surface area contributed by atoms with Crippen molar-refractivity contribution in [2.45, 2.75) is 68.0 Å². The van der Waals surface area contributed by atoms with Crippen molar-refractivity contribution < 1.29 is 30.3 Å². The number of fused-ring (bicyclic) bond motifs is 3. The number of hydrogen-bond acceptors (Lipinski definition) is 5. The van der Waals surface area contributed by atoms with Crippen molar-refractivity contribution >= 4 is 0 Å². The van der Waals surface area contributed by atoms with Crippen LogP contribution in [-0.2, 0) is 30.9 Å². The molecule has 4 heterocycles. The van der Waals surface area contributed by atoms with Crippen LogP contribution in [0.3, 0.4) is 0 Å². The van der Waals surface area contributed by atoms with Crippen molar-refractivity contribution in [1.82, 2.24) is 19.0 Å². The van der Waals surface area contributed by atoms with Gasteiger partial charge in [-0.1, -0.05) is 0 Å². The molecule has 0 spiro atoms. The van der Waals surface area contributed by atoms with Crippen LogP contribution in [-0.4, -0.2) is 46.2 Å². The maximum absolute atomic E-state index is 13.1. The molecule has 3 atom stereocenters. The van der Waals surface area contributed by atoms with Crippen LogP contribution in [0.25, 0.3) is 0 Å². The molecule has 0 aliphatic carbocycles. The Morgan fingerprint density at radius 2 is 2.00 bits per heavy atom. The Kier molecular flexibility index (Phi) is 6.25. The van der Waals surface area contributed by atoms with Crippen LogP contribution in [0.2, 0.25) is 0 Å². The fourth-order valence-corrected chi connectivity index (χ4v) is 9.07. The van der Waals surface area contributed by atoms with Gasteiger partial charge in [0.15, 0.2) is 0 Å². The molecule has 3 unspecified atom stereocenters. The summed E-state index contributed by atoms with van der Waals surface area (Å²) in [6.45, 7) is 2.54. The molecule has 7 nitrogen and oxygen atoms in total. The average molecular weight is 541 g/mol. The molecule has 0 saturated carbocycles. The first-order chi connectivity index (χ1) is 15.1. The van der Waals surface area contributed by atoms with Crippen LogP contribution in [0.15, 0.2) is 33.9 Å². The van der Waals surface area contributed by atoms with Crippen LogP contribution >= 0.6 is 0 Å². The molecule has 0 amide bonds. The third-order valence-electron chi connectivity index (χ3n) is 6.47. The Balaban J connectivity index is 1.14. The Morgan fingerprint density at radius 3 is 2.81 bits per heavy atom. The van der Waals surface area contributed by atoms with Gasteiger partial charge in [0.25, 0.3) is 0 Å². The summed E-state index contributed by atoms with van der Waals surface area (Å²) in [6, 6.07) is 7.06. The molecule has 3 aliphatic rings. The second-order valence-electron chi connectivity index (χ2n) is 8.52. The normalized spacial score (nSPS) is 25.4. The van der Waals surface area contributed by atoms with Gasteiger partial charge in [0.2, 0.25) is 0 Å². The third-order valence-corrected chi connectivity index (χ3v) is 10.2. The van der Waals surface area contributed by atoms with Crippen LogP contribution in [0.4, 0.5) is 4.39 Å². The summed E-state index contributed by atoms with van der Waals surface area (Å²) >= 11 is 0.120. The van der Waals surface area contributed by atoms with Gasteiger partial charge < -0.3 is 0 Å². The summed E-state index contributed by atoms with van der Waals surface area (Å²) in [4.78, 5) is 31.6. The quantitative estimate of drug-likeness (QED) is 0.239. The molecule has 2 saturated heterocycles. The third kappa shape index (κ3) is 4.49. The zero-order chi connectivity index (χ0) is 21.4. The van der Waals surface area contributed by atoms with Gasteiger partial charge in [0.05, 0.1) is 0 Å². The Morgan fingerprint density at radius 1 is 1.16 bits per heavy atom. The van der Waals surface area contributed by atoms with E-state index in [1.54, 1.807) is 16.7 Å². The molecular formula is C22H27FIN4O3-. The van der Waals surface area contributed by atoms with Crippen molar-refractivity contribution in [3.05, 3.63) is 62.4 Å². The van der Waals surface area contributed by atoms with Crippen LogP contribution < -0.4 is 32.6 Å². The summed E-state index contributed by atoms with van der Waals surface area (Å²) in [5.74, 6) is 0.414. The van der Waals surface area contributed by atoms with Crippen molar-refractivity contribution in [1.29, 1.82) is 0 Å². The molecular weight excluding hydrogens is 514 g/mol. The summed E-state index contributed by atoms with van der Waals surface area (Å²) < 4.78 is 24.1. The van der Waals surface area contributed by atoms with Crippen molar-refractivity contribution in [3.8, 4) is 0 Å². The van der Waals surface area contributed by atoms with Gasteiger partial charge in [-0.3, -0.25) is 0 Å². The standard InChI is InChI=1S/C22H27FIN4O3/c23-16-6-4-15(5-7-16)14-31-18-11-17-13-24-19(12-18)26(17)9-2-10-28-21(29)25-20-3-1-8-27(20)22(28)30/h4-7,17-19H,1-3,8-14H2/q-1. The number of aromatic nitrogens is 3. The van der Waals surface area contributed by atoms with E-state index in [1.807, 2.05) is 0 Å². The van der Waals surface area contributed by atoms with Crippen LogP contribution in [0.5, 0.6) is 0 Å². The van der Waals surface area contributed by atoms with Gasteiger partial charge in [0.1, 0.15) is 0 Å². The topological polar surface area (TPSA) is 69.4 Å². The van der Waals surface area contributed by atoms with E-state index in [0.29, 0.717) is 35.6 Å². The Bertz CT molecular complexity index is 1040. The van der Waals surface area contributed by atoms with E-state index in [9.17, 15) is 14.0 Å². The average Bonchev–Trinajstić information content (AvgIpc) is 3.31. The van der Waals surface area contributed by atoms with Crippen LogP contribution in [0, 0.1) is 5.82 Å².